The summed E-state index contributed by atoms with van der Waals surface area (Å²) in [5.41, 5.74) is 1.05. The molecule has 0 bridgehead atoms. The van der Waals surface area contributed by atoms with Crippen molar-refractivity contribution in [3.8, 4) is 0 Å². The van der Waals surface area contributed by atoms with Crippen LogP contribution in [0.5, 0.6) is 0 Å². The number of hydrogen-bond donors (Lipinski definition) is 0. The summed E-state index contributed by atoms with van der Waals surface area (Å²) >= 11 is 0. The molecule has 4 nitrogen and oxygen atoms in total. The summed E-state index contributed by atoms with van der Waals surface area (Å²) in [6.07, 6.45) is 0. The van der Waals surface area contributed by atoms with Gasteiger partial charge in [0.2, 0.25) is 11.8 Å². The molecule has 1 aromatic rings. The van der Waals surface area contributed by atoms with Crippen molar-refractivity contribution in [2.24, 2.45) is 0 Å². The van der Waals surface area contributed by atoms with E-state index in [0.29, 0.717) is 6.54 Å². The van der Waals surface area contributed by atoms with E-state index in [9.17, 15) is 9.59 Å². The van der Waals surface area contributed by atoms with Crippen LogP contribution in [0.1, 0.15) is 5.56 Å². The molecule has 0 spiro atoms. The molecule has 0 aromatic heterocycles. The van der Waals surface area contributed by atoms with E-state index in [1.165, 1.54) is 4.90 Å². The summed E-state index contributed by atoms with van der Waals surface area (Å²) < 4.78 is 0. The Kier molecular flexibility index (Phi) is 2.90. The molecule has 0 unspecified atom stereocenters. The van der Waals surface area contributed by atoms with E-state index in [2.05, 4.69) is 0 Å². The van der Waals surface area contributed by atoms with Crippen molar-refractivity contribution in [3.05, 3.63) is 35.9 Å². The van der Waals surface area contributed by atoms with Crippen molar-refractivity contribution in [2.45, 2.75) is 6.54 Å². The summed E-state index contributed by atoms with van der Waals surface area (Å²) in [5.74, 6) is 0.00137. The third kappa shape index (κ3) is 2.21. The highest BCUT2D eigenvalue weighted by Crippen LogP contribution is 2.09. The zero-order valence-corrected chi connectivity index (χ0v) is 9.22. The van der Waals surface area contributed by atoms with E-state index < -0.39 is 0 Å². The van der Waals surface area contributed by atoms with Crippen LogP contribution < -0.4 is 0 Å². The first-order valence-corrected chi connectivity index (χ1v) is 5.22. The summed E-state index contributed by atoms with van der Waals surface area (Å²) in [7, 11) is 1.65. The molecule has 0 aliphatic carbocycles. The van der Waals surface area contributed by atoms with Gasteiger partial charge in [-0.15, -0.1) is 0 Å². The van der Waals surface area contributed by atoms with Gasteiger partial charge in [0.05, 0.1) is 6.54 Å². The van der Waals surface area contributed by atoms with Crippen LogP contribution in [-0.2, 0) is 16.1 Å². The fourth-order valence-corrected chi connectivity index (χ4v) is 1.71. The quantitative estimate of drug-likeness (QED) is 0.724. The third-order valence-electron chi connectivity index (χ3n) is 2.69. The molecular formula is C12H14N2O2. The Morgan fingerprint density at radius 1 is 1.06 bits per heavy atom. The number of carbonyl (C=O) groups excluding carboxylic acids is 2. The largest absolute Gasteiger partial charge is 0.335 e. The monoisotopic (exact) mass is 218 g/mol. The van der Waals surface area contributed by atoms with Gasteiger partial charge < -0.3 is 9.80 Å². The fourth-order valence-electron chi connectivity index (χ4n) is 1.71. The Bertz CT molecular complexity index is 403. The van der Waals surface area contributed by atoms with Gasteiger partial charge in [0.15, 0.2) is 0 Å². The van der Waals surface area contributed by atoms with Crippen molar-refractivity contribution in [1.82, 2.24) is 9.80 Å². The summed E-state index contributed by atoms with van der Waals surface area (Å²) in [6, 6.07) is 9.70. The van der Waals surface area contributed by atoms with Crippen LogP contribution in [0.3, 0.4) is 0 Å². The molecule has 1 heterocycles. The van der Waals surface area contributed by atoms with Crippen LogP contribution in [0.25, 0.3) is 0 Å². The summed E-state index contributed by atoms with van der Waals surface area (Å²) in [5, 5.41) is 0. The van der Waals surface area contributed by atoms with Crippen molar-refractivity contribution in [3.63, 3.8) is 0 Å². The van der Waals surface area contributed by atoms with Gasteiger partial charge in [-0.3, -0.25) is 9.59 Å². The lowest BCUT2D eigenvalue weighted by Crippen LogP contribution is -2.51. The molecule has 0 radical (unpaired) electrons. The van der Waals surface area contributed by atoms with E-state index in [1.54, 1.807) is 11.9 Å². The molecule has 1 fully saturated rings. The third-order valence-corrected chi connectivity index (χ3v) is 2.69. The van der Waals surface area contributed by atoms with Crippen molar-refractivity contribution < 1.29 is 9.59 Å². The van der Waals surface area contributed by atoms with Crippen molar-refractivity contribution >= 4 is 11.8 Å². The first-order chi connectivity index (χ1) is 7.66. The van der Waals surface area contributed by atoms with Crippen LogP contribution in [0.4, 0.5) is 0 Å². The second kappa shape index (κ2) is 4.35. The van der Waals surface area contributed by atoms with E-state index in [4.69, 9.17) is 0 Å². The van der Waals surface area contributed by atoms with E-state index in [1.807, 2.05) is 30.3 Å². The van der Waals surface area contributed by atoms with Gasteiger partial charge in [0, 0.05) is 13.6 Å². The molecule has 0 atom stereocenters. The Morgan fingerprint density at radius 3 is 2.44 bits per heavy atom. The van der Waals surface area contributed by atoms with E-state index >= 15 is 0 Å². The van der Waals surface area contributed by atoms with E-state index in [0.717, 1.165) is 5.56 Å². The van der Waals surface area contributed by atoms with Crippen molar-refractivity contribution in [2.75, 3.05) is 20.1 Å². The number of benzene rings is 1. The van der Waals surface area contributed by atoms with Crippen molar-refractivity contribution in [1.29, 1.82) is 0 Å². The number of piperazine rings is 1. The minimum atomic E-state index is -0.00414. The number of rotatable bonds is 2. The molecule has 0 saturated carbocycles. The lowest BCUT2D eigenvalue weighted by atomic mass is 10.2. The minimum Gasteiger partial charge on any atom is -0.335 e. The molecule has 1 aromatic carbocycles. The first kappa shape index (κ1) is 10.7. The van der Waals surface area contributed by atoms with Gasteiger partial charge >= 0.3 is 0 Å². The summed E-state index contributed by atoms with van der Waals surface area (Å²) in [4.78, 5) is 26.2. The minimum absolute atomic E-state index is 0.00414. The number of nitrogens with zero attached hydrogens (tertiary/aromatic N) is 2. The van der Waals surface area contributed by atoms with Gasteiger partial charge in [0.25, 0.3) is 0 Å². The molecule has 1 aliphatic heterocycles. The molecule has 16 heavy (non-hydrogen) atoms. The molecule has 2 amide bonds. The zero-order chi connectivity index (χ0) is 11.5. The van der Waals surface area contributed by atoms with Gasteiger partial charge in [-0.1, -0.05) is 30.3 Å². The van der Waals surface area contributed by atoms with Gasteiger partial charge in [-0.05, 0) is 5.56 Å². The average Bonchev–Trinajstić information content (AvgIpc) is 2.27. The fraction of sp³-hybridized carbons (Fsp3) is 0.333. The van der Waals surface area contributed by atoms with Gasteiger partial charge in [0.1, 0.15) is 6.54 Å². The molecule has 1 saturated heterocycles. The topological polar surface area (TPSA) is 40.6 Å². The molecule has 0 N–H and O–H groups in total. The number of likely N-dealkylation sites (N-methyl/N-ethyl adjacent to an activating group) is 1. The number of carbonyl (C=O) groups is 2. The average molecular weight is 218 g/mol. The Morgan fingerprint density at radius 2 is 1.75 bits per heavy atom. The van der Waals surface area contributed by atoms with Crippen LogP contribution in [-0.4, -0.2) is 41.8 Å². The van der Waals surface area contributed by atoms with Gasteiger partial charge in [-0.2, -0.15) is 0 Å². The highest BCUT2D eigenvalue weighted by atomic mass is 16.2. The Labute approximate surface area is 94.5 Å². The lowest BCUT2D eigenvalue weighted by molar-refractivity contribution is -0.149. The zero-order valence-electron chi connectivity index (χ0n) is 9.22. The number of hydrogen-bond acceptors (Lipinski definition) is 2. The molecule has 2 rings (SSSR count). The Hall–Kier alpha value is -1.84. The molecule has 4 heteroatoms. The lowest BCUT2D eigenvalue weighted by Gasteiger charge is -2.31. The summed E-state index contributed by atoms with van der Waals surface area (Å²) in [6.45, 7) is 0.884. The predicted octanol–water partition coefficient (Wildman–Crippen LogP) is 0.487. The standard InChI is InChI=1S/C12H14N2O2/c1-13-8-12(16)14(9-11(13)15)7-10-5-3-2-4-6-10/h2-6H,7-9H2,1H3. The first-order valence-electron chi connectivity index (χ1n) is 5.22. The highest BCUT2D eigenvalue weighted by molar-refractivity contribution is 5.92. The SMILES string of the molecule is CN1CC(=O)N(Cc2ccccc2)CC1=O. The maximum atomic E-state index is 11.7. The van der Waals surface area contributed by atoms with Gasteiger partial charge in [-0.25, -0.2) is 0 Å². The smallest absolute Gasteiger partial charge is 0.242 e. The molecule has 84 valence electrons. The van der Waals surface area contributed by atoms with E-state index in [-0.39, 0.29) is 24.9 Å². The number of amides is 2. The second-order valence-corrected chi connectivity index (χ2v) is 3.99. The maximum Gasteiger partial charge on any atom is 0.242 e. The Balaban J connectivity index is 2.05. The van der Waals surface area contributed by atoms with Crippen LogP contribution >= 0.6 is 0 Å². The van der Waals surface area contributed by atoms with Crippen LogP contribution in [0.2, 0.25) is 0 Å². The molecular weight excluding hydrogens is 204 g/mol. The highest BCUT2D eigenvalue weighted by Gasteiger charge is 2.27. The second-order valence-electron chi connectivity index (χ2n) is 3.99. The normalized spacial score (nSPS) is 16.8. The van der Waals surface area contributed by atoms with Crippen LogP contribution in [0, 0.1) is 0 Å². The maximum absolute atomic E-state index is 11.7. The molecule has 1 aliphatic rings. The van der Waals surface area contributed by atoms with Crippen LogP contribution in [0.15, 0.2) is 30.3 Å². The predicted molar refractivity (Wildman–Crippen MR) is 59.5 cm³/mol.